The maximum absolute atomic E-state index is 12.6. The maximum atomic E-state index is 12.6. The Hall–Kier alpha value is -2.66. The molecule has 0 saturated carbocycles. The smallest absolute Gasteiger partial charge is 0.263 e. The fraction of sp³-hybridized carbons (Fsp3) is 0.167. The van der Waals surface area contributed by atoms with E-state index in [1.807, 2.05) is 24.3 Å². The summed E-state index contributed by atoms with van der Waals surface area (Å²) in [6, 6.07) is 12.4. The van der Waals surface area contributed by atoms with Crippen molar-refractivity contribution in [1.82, 2.24) is 4.90 Å². The molecule has 0 unspecified atom stereocenters. The van der Waals surface area contributed by atoms with Gasteiger partial charge in [0.25, 0.3) is 11.8 Å². The molecule has 0 saturated heterocycles. The Morgan fingerprint density at radius 3 is 2.62 bits per heavy atom. The lowest BCUT2D eigenvalue weighted by Crippen LogP contribution is -2.42. The van der Waals surface area contributed by atoms with E-state index in [0.29, 0.717) is 6.54 Å². The second-order valence-electron chi connectivity index (χ2n) is 5.78. The maximum Gasteiger partial charge on any atom is 0.263 e. The van der Waals surface area contributed by atoms with Crippen LogP contribution < -0.4 is 4.90 Å². The molecule has 0 N–H and O–H groups in total. The summed E-state index contributed by atoms with van der Waals surface area (Å²) in [6.45, 7) is 0.277. The summed E-state index contributed by atoms with van der Waals surface area (Å²) in [4.78, 5) is 40.1. The summed E-state index contributed by atoms with van der Waals surface area (Å²) >= 11 is 6.03. The van der Waals surface area contributed by atoms with Crippen molar-refractivity contribution in [2.24, 2.45) is 0 Å². The molecule has 0 fully saturated rings. The number of para-hydroxylation sites is 1. The van der Waals surface area contributed by atoms with E-state index in [0.717, 1.165) is 22.6 Å². The lowest BCUT2D eigenvalue weighted by molar-refractivity contribution is -0.118. The predicted octanol–water partition coefficient (Wildman–Crippen LogP) is 2.53. The van der Waals surface area contributed by atoms with Gasteiger partial charge in [-0.1, -0.05) is 35.9 Å². The second-order valence-corrected chi connectivity index (χ2v) is 6.19. The lowest BCUT2D eigenvalue weighted by Gasteiger charge is -2.20. The van der Waals surface area contributed by atoms with Crippen molar-refractivity contribution in [2.75, 3.05) is 18.0 Å². The summed E-state index contributed by atoms with van der Waals surface area (Å²) in [5.74, 6) is -1.26. The summed E-state index contributed by atoms with van der Waals surface area (Å²) in [7, 11) is 0. The average molecular weight is 341 g/mol. The molecule has 0 aliphatic carbocycles. The Morgan fingerprint density at radius 1 is 1.04 bits per heavy atom. The van der Waals surface area contributed by atoms with E-state index in [2.05, 4.69) is 0 Å². The van der Waals surface area contributed by atoms with Gasteiger partial charge < -0.3 is 4.90 Å². The number of fused-ring (bicyclic) bond motifs is 2. The fourth-order valence-corrected chi connectivity index (χ4v) is 3.51. The number of carbonyl (C=O) groups is 3. The molecule has 5 nitrogen and oxygen atoms in total. The van der Waals surface area contributed by atoms with Crippen LogP contribution in [-0.4, -0.2) is 35.7 Å². The Kier molecular flexibility index (Phi) is 3.39. The summed E-state index contributed by atoms with van der Waals surface area (Å²) < 4.78 is 0. The van der Waals surface area contributed by atoms with Crippen molar-refractivity contribution < 1.29 is 14.4 Å². The van der Waals surface area contributed by atoms with E-state index in [-0.39, 0.29) is 28.6 Å². The molecule has 0 spiro atoms. The highest BCUT2D eigenvalue weighted by Crippen LogP contribution is 2.31. The number of rotatable bonds is 2. The number of halogens is 1. The van der Waals surface area contributed by atoms with Crippen LogP contribution in [0.3, 0.4) is 0 Å². The number of anilines is 1. The molecule has 0 radical (unpaired) electrons. The van der Waals surface area contributed by atoms with Crippen molar-refractivity contribution in [3.8, 4) is 0 Å². The van der Waals surface area contributed by atoms with Gasteiger partial charge in [0.15, 0.2) is 0 Å². The minimum absolute atomic E-state index is 0.179. The van der Waals surface area contributed by atoms with Gasteiger partial charge in [0.2, 0.25) is 5.91 Å². The first-order chi connectivity index (χ1) is 11.6. The monoisotopic (exact) mass is 340 g/mol. The Balaban J connectivity index is 1.59. The normalized spacial score (nSPS) is 15.7. The zero-order chi connectivity index (χ0) is 16.8. The van der Waals surface area contributed by atoms with Crippen LogP contribution in [0.2, 0.25) is 5.02 Å². The quantitative estimate of drug-likeness (QED) is 0.789. The molecule has 4 rings (SSSR count). The van der Waals surface area contributed by atoms with Crippen molar-refractivity contribution in [3.05, 3.63) is 64.2 Å². The van der Waals surface area contributed by atoms with Gasteiger partial charge in [-0.15, -0.1) is 0 Å². The minimum atomic E-state index is -0.513. The topological polar surface area (TPSA) is 57.7 Å². The summed E-state index contributed by atoms with van der Waals surface area (Å²) in [5, 5.41) is 0.229. The molecule has 3 amide bonds. The van der Waals surface area contributed by atoms with E-state index in [1.165, 1.54) is 0 Å². The Morgan fingerprint density at radius 2 is 1.83 bits per heavy atom. The third-order valence-electron chi connectivity index (χ3n) is 4.43. The van der Waals surface area contributed by atoms with Gasteiger partial charge in [0, 0.05) is 12.2 Å². The minimum Gasteiger partial charge on any atom is -0.310 e. The number of nitrogens with zero attached hydrogens (tertiary/aromatic N) is 2. The lowest BCUT2D eigenvalue weighted by atomic mass is 10.1. The van der Waals surface area contributed by atoms with Crippen LogP contribution in [0.15, 0.2) is 42.5 Å². The van der Waals surface area contributed by atoms with E-state index in [9.17, 15) is 14.4 Å². The number of benzene rings is 2. The molecular formula is C18H13ClN2O3. The van der Waals surface area contributed by atoms with E-state index in [1.54, 1.807) is 23.1 Å². The first-order valence-corrected chi connectivity index (χ1v) is 7.98. The summed E-state index contributed by atoms with van der Waals surface area (Å²) in [6.07, 6.45) is 0.774. The van der Waals surface area contributed by atoms with Crippen molar-refractivity contribution in [2.45, 2.75) is 6.42 Å². The number of hydrogen-bond acceptors (Lipinski definition) is 3. The van der Waals surface area contributed by atoms with Crippen LogP contribution in [-0.2, 0) is 11.2 Å². The van der Waals surface area contributed by atoms with Crippen LogP contribution in [0.4, 0.5) is 5.69 Å². The van der Waals surface area contributed by atoms with E-state index >= 15 is 0 Å². The highest BCUT2D eigenvalue weighted by molar-refractivity contribution is 6.37. The molecule has 0 aromatic heterocycles. The largest absolute Gasteiger partial charge is 0.310 e. The highest BCUT2D eigenvalue weighted by Gasteiger charge is 2.39. The standard InChI is InChI=1S/C18H13ClN2O3/c19-13-6-3-5-12-16(13)18(24)21(17(12)23)10-15(22)20-9-8-11-4-1-2-7-14(11)20/h1-7H,8-10H2. The van der Waals surface area contributed by atoms with Gasteiger partial charge in [0.05, 0.1) is 16.1 Å². The zero-order valence-corrected chi connectivity index (χ0v) is 13.4. The van der Waals surface area contributed by atoms with Gasteiger partial charge >= 0.3 is 0 Å². The molecular weight excluding hydrogens is 328 g/mol. The van der Waals surface area contributed by atoms with Crippen LogP contribution in [0.1, 0.15) is 26.3 Å². The van der Waals surface area contributed by atoms with Gasteiger partial charge in [-0.25, -0.2) is 0 Å². The Labute approximate surface area is 143 Å². The van der Waals surface area contributed by atoms with Gasteiger partial charge in [-0.3, -0.25) is 19.3 Å². The first-order valence-electron chi connectivity index (χ1n) is 7.61. The molecule has 0 atom stereocenters. The zero-order valence-electron chi connectivity index (χ0n) is 12.7. The molecule has 2 heterocycles. The van der Waals surface area contributed by atoms with Crippen molar-refractivity contribution in [1.29, 1.82) is 0 Å². The van der Waals surface area contributed by atoms with Crippen LogP contribution in [0, 0.1) is 0 Å². The number of amides is 3. The number of carbonyl (C=O) groups excluding carboxylic acids is 3. The molecule has 6 heteroatoms. The van der Waals surface area contributed by atoms with Crippen molar-refractivity contribution in [3.63, 3.8) is 0 Å². The molecule has 2 aliphatic rings. The fourth-order valence-electron chi connectivity index (χ4n) is 3.25. The molecule has 120 valence electrons. The van der Waals surface area contributed by atoms with E-state index < -0.39 is 11.8 Å². The molecule has 24 heavy (non-hydrogen) atoms. The van der Waals surface area contributed by atoms with E-state index in [4.69, 9.17) is 11.6 Å². The molecule has 2 aromatic rings. The second kappa shape index (κ2) is 5.46. The van der Waals surface area contributed by atoms with Gasteiger partial charge in [0.1, 0.15) is 6.54 Å². The van der Waals surface area contributed by atoms with Crippen LogP contribution >= 0.6 is 11.6 Å². The SMILES string of the molecule is O=C1c2cccc(Cl)c2C(=O)N1CC(=O)N1CCc2ccccc21. The van der Waals surface area contributed by atoms with Crippen LogP contribution in [0.5, 0.6) is 0 Å². The third kappa shape index (κ3) is 2.12. The Bertz CT molecular complexity index is 894. The average Bonchev–Trinajstić information content (AvgIpc) is 3.11. The van der Waals surface area contributed by atoms with Crippen molar-refractivity contribution >= 4 is 35.0 Å². The number of hydrogen-bond donors (Lipinski definition) is 0. The molecule has 2 aliphatic heterocycles. The highest BCUT2D eigenvalue weighted by atomic mass is 35.5. The number of imide groups is 1. The molecule has 2 aromatic carbocycles. The third-order valence-corrected chi connectivity index (χ3v) is 4.74. The summed E-state index contributed by atoms with van der Waals surface area (Å²) in [5.41, 5.74) is 2.37. The van der Waals surface area contributed by atoms with Crippen LogP contribution in [0.25, 0.3) is 0 Å². The van der Waals surface area contributed by atoms with Gasteiger partial charge in [-0.2, -0.15) is 0 Å². The first kappa shape index (κ1) is 14.9. The predicted molar refractivity (Wildman–Crippen MR) is 89.3 cm³/mol. The molecule has 0 bridgehead atoms. The van der Waals surface area contributed by atoms with Gasteiger partial charge in [-0.05, 0) is 30.2 Å².